The van der Waals surface area contributed by atoms with Gasteiger partial charge < -0.3 is 9.45 Å². The molecule has 6 rings (SSSR count). The molecule has 0 saturated heterocycles. The highest BCUT2D eigenvalue weighted by Crippen LogP contribution is 2.47. The number of anilines is 1. The van der Waals surface area contributed by atoms with E-state index in [1.807, 2.05) is 18.2 Å². The van der Waals surface area contributed by atoms with E-state index in [4.69, 9.17) is 8.74 Å². The molecule has 2 atom stereocenters. The average molecular weight is 723 g/mol. The number of fused-ring (bicyclic) bond motifs is 2. The Morgan fingerprint density at radius 3 is 2.54 bits per heavy atom. The largest absolute Gasteiger partial charge is 0.748 e. The quantitative estimate of drug-likeness (QED) is 0.0608. The number of para-hydroxylation sites is 2. The minimum Gasteiger partial charge on any atom is -0.748 e. The zero-order valence-electron chi connectivity index (χ0n) is 26.4. The Balaban J connectivity index is 1.32. The van der Waals surface area contributed by atoms with Crippen LogP contribution in [0.2, 0.25) is 0 Å². The molecule has 2 heterocycles. The Morgan fingerprint density at radius 2 is 1.73 bits per heavy atom. The summed E-state index contributed by atoms with van der Waals surface area (Å²) in [7, 11) is -4.23. The van der Waals surface area contributed by atoms with Crippen LogP contribution in [0.5, 0.6) is 0 Å². The van der Waals surface area contributed by atoms with Crippen molar-refractivity contribution in [2.75, 3.05) is 23.8 Å². The summed E-state index contributed by atoms with van der Waals surface area (Å²) in [4.78, 5) is 3.41. The summed E-state index contributed by atoms with van der Waals surface area (Å²) in [5.74, 6) is -0.0416. The minimum absolute atomic E-state index is 0.234. The van der Waals surface area contributed by atoms with E-state index in [0.717, 1.165) is 46.4 Å². The monoisotopic (exact) mass is 722 g/mol. The Kier molecular flexibility index (Phi) is 11.6. The van der Waals surface area contributed by atoms with Gasteiger partial charge in [-0.15, -0.1) is 0 Å². The number of hydrogen-bond donors (Lipinski definition) is 1. The zero-order valence-corrected chi connectivity index (χ0v) is 29.7. The third kappa shape index (κ3) is 9.12. The second kappa shape index (κ2) is 16.1. The van der Waals surface area contributed by atoms with Gasteiger partial charge in [-0.3, -0.25) is 8.74 Å². The predicted molar refractivity (Wildman–Crippen MR) is 194 cm³/mol. The standard InChI is InChI=1S/C36H38N2O6S4/c39-47(40)44-20-10-8-18-37-31-14-4-6-16-33(31)45-35(37)25-27-22-28(24-30(23-27)29-12-2-1-3-13-29)26-36-38(19-9-11-21-48(41,42)43)32-15-5-7-17-34(32)46-36/h1-7,12-17,22,25-26,30H,8-11,18-21,23-24H2,(H-,39,40,41,42,43). The molecule has 1 aliphatic heterocycles. The van der Waals surface area contributed by atoms with Crippen molar-refractivity contribution in [3.63, 3.8) is 0 Å². The lowest BCUT2D eigenvalue weighted by Gasteiger charge is -2.25. The van der Waals surface area contributed by atoms with E-state index in [0.29, 0.717) is 31.7 Å². The molecule has 0 radical (unpaired) electrons. The first-order valence-electron chi connectivity index (χ1n) is 16.0. The first kappa shape index (κ1) is 34.8. The van der Waals surface area contributed by atoms with Crippen molar-refractivity contribution in [3.05, 3.63) is 118 Å². The third-order valence-electron chi connectivity index (χ3n) is 8.48. The van der Waals surface area contributed by atoms with Gasteiger partial charge in [0.05, 0.1) is 27.4 Å². The van der Waals surface area contributed by atoms with Crippen molar-refractivity contribution >= 4 is 66.6 Å². The van der Waals surface area contributed by atoms with Crippen LogP contribution in [0, 0.1) is 0 Å². The van der Waals surface area contributed by atoms with E-state index in [1.54, 1.807) is 23.1 Å². The van der Waals surface area contributed by atoms with Crippen LogP contribution in [-0.2, 0) is 32.2 Å². The molecule has 3 aromatic carbocycles. The molecular weight excluding hydrogens is 685 g/mol. The van der Waals surface area contributed by atoms with Gasteiger partial charge in [-0.25, -0.2) is 8.42 Å². The Labute approximate surface area is 293 Å². The van der Waals surface area contributed by atoms with Gasteiger partial charge in [-0.05, 0) is 79.0 Å². The van der Waals surface area contributed by atoms with Crippen molar-refractivity contribution in [3.8, 4) is 0 Å². The average Bonchev–Trinajstić information content (AvgIpc) is 3.59. The summed E-state index contributed by atoms with van der Waals surface area (Å²) >= 11 is 1.25. The Morgan fingerprint density at radius 1 is 0.958 bits per heavy atom. The maximum absolute atomic E-state index is 11.2. The molecule has 252 valence electrons. The van der Waals surface area contributed by atoms with Crippen LogP contribution in [-0.4, -0.2) is 40.6 Å². The van der Waals surface area contributed by atoms with Crippen LogP contribution < -0.4 is 9.47 Å². The summed E-state index contributed by atoms with van der Waals surface area (Å²) in [5.41, 5.74) is 6.05. The number of hydrogen-bond acceptors (Lipinski definition) is 8. The van der Waals surface area contributed by atoms with Crippen molar-refractivity contribution in [2.45, 2.75) is 55.9 Å². The van der Waals surface area contributed by atoms with Crippen molar-refractivity contribution in [2.24, 2.45) is 0 Å². The summed E-state index contributed by atoms with van der Waals surface area (Å²) in [5, 5.41) is 2.26. The molecule has 0 spiro atoms. The van der Waals surface area contributed by atoms with Crippen LogP contribution >= 0.6 is 23.1 Å². The summed E-state index contributed by atoms with van der Waals surface area (Å²) in [6.07, 6.45) is 11.1. The van der Waals surface area contributed by atoms with Crippen LogP contribution in [0.4, 0.5) is 5.69 Å². The van der Waals surface area contributed by atoms with Gasteiger partial charge in [0.15, 0.2) is 6.54 Å². The molecule has 1 aliphatic carbocycles. The molecule has 0 fully saturated rings. The van der Waals surface area contributed by atoms with Gasteiger partial charge >= 0.3 is 11.4 Å². The lowest BCUT2D eigenvalue weighted by Crippen LogP contribution is -2.35. The van der Waals surface area contributed by atoms with E-state index >= 15 is 0 Å². The number of aromatic nitrogens is 1. The minimum atomic E-state index is -4.23. The van der Waals surface area contributed by atoms with Crippen molar-refractivity contribution in [1.82, 2.24) is 0 Å². The molecule has 0 bridgehead atoms. The predicted octanol–water partition coefficient (Wildman–Crippen LogP) is 7.79. The van der Waals surface area contributed by atoms with Crippen LogP contribution in [0.3, 0.4) is 0 Å². The maximum atomic E-state index is 11.2. The molecular formula is C36H38N2O6S4. The summed E-state index contributed by atoms with van der Waals surface area (Å²) < 4.78 is 61.9. The number of aryl methyl sites for hydroxylation is 1. The van der Waals surface area contributed by atoms with Gasteiger partial charge in [0, 0.05) is 35.8 Å². The Hall–Kier alpha value is -3.10. The molecule has 2 unspecified atom stereocenters. The van der Waals surface area contributed by atoms with E-state index in [-0.39, 0.29) is 12.4 Å². The number of nitrogens with zero attached hydrogens (tertiary/aromatic N) is 2. The van der Waals surface area contributed by atoms with Gasteiger partial charge in [-0.1, -0.05) is 83.8 Å². The molecule has 2 aliphatic rings. The van der Waals surface area contributed by atoms with E-state index in [9.17, 15) is 17.2 Å². The number of unbranched alkanes of at least 4 members (excludes halogenated alkanes) is 2. The number of allylic oxidation sites excluding steroid dienone is 4. The smallest absolute Gasteiger partial charge is 0.301 e. The molecule has 12 heteroatoms. The molecule has 1 N–H and O–H groups in total. The molecule has 0 amide bonds. The van der Waals surface area contributed by atoms with Crippen LogP contribution in [0.25, 0.3) is 16.3 Å². The normalized spacial score (nSPS) is 18.8. The van der Waals surface area contributed by atoms with Crippen LogP contribution in [0.1, 0.15) is 55.0 Å². The summed E-state index contributed by atoms with van der Waals surface area (Å²) in [6.45, 7) is 1.63. The van der Waals surface area contributed by atoms with Gasteiger partial charge in [0.2, 0.25) is 5.52 Å². The fourth-order valence-corrected chi connectivity index (χ4v) is 9.46. The molecule has 8 nitrogen and oxygen atoms in total. The van der Waals surface area contributed by atoms with E-state index in [2.05, 4.69) is 88.4 Å². The molecule has 0 saturated carbocycles. The fourth-order valence-electron chi connectivity index (χ4n) is 6.31. The SMILES string of the molecule is O=S(O)OCCCC[n+]1c(C=C2C=C(C=C3Sc4ccccc4N3CCCCS(=O)(=O)[O-])CC(c3ccccc3)C2)sc2ccccc21. The Bertz CT molecular complexity index is 1970. The highest BCUT2D eigenvalue weighted by molar-refractivity contribution is 8.03. The number of rotatable bonds is 14. The van der Waals surface area contributed by atoms with Gasteiger partial charge in [0.25, 0.3) is 5.01 Å². The molecule has 1 aromatic heterocycles. The maximum Gasteiger partial charge on any atom is 0.301 e. The molecule has 48 heavy (non-hydrogen) atoms. The van der Waals surface area contributed by atoms with Gasteiger partial charge in [-0.2, -0.15) is 8.78 Å². The van der Waals surface area contributed by atoms with Crippen LogP contribution in [0.15, 0.2) is 112 Å². The number of thioether (sulfide) groups is 1. The first-order valence-corrected chi connectivity index (χ1v) is 20.3. The second-order valence-electron chi connectivity index (χ2n) is 11.9. The number of thiazole rings is 1. The van der Waals surface area contributed by atoms with Crippen molar-refractivity contribution < 1.29 is 30.5 Å². The number of benzene rings is 3. The second-order valence-corrected chi connectivity index (χ2v) is 16.3. The molecule has 4 aromatic rings. The highest BCUT2D eigenvalue weighted by atomic mass is 32.2. The van der Waals surface area contributed by atoms with Gasteiger partial charge in [0.1, 0.15) is 4.70 Å². The third-order valence-corrected chi connectivity index (χ3v) is 11.9. The zero-order chi connectivity index (χ0) is 33.5. The topological polar surface area (TPSA) is 111 Å². The van der Waals surface area contributed by atoms with Crippen molar-refractivity contribution in [1.29, 1.82) is 0 Å². The van der Waals surface area contributed by atoms with E-state index < -0.39 is 21.5 Å². The van der Waals surface area contributed by atoms with E-state index in [1.165, 1.54) is 26.9 Å². The summed E-state index contributed by atoms with van der Waals surface area (Å²) in [6, 6.07) is 27.3. The highest BCUT2D eigenvalue weighted by Gasteiger charge is 2.27. The lowest BCUT2D eigenvalue weighted by molar-refractivity contribution is -0.669. The first-order chi connectivity index (χ1) is 23.2. The lowest BCUT2D eigenvalue weighted by atomic mass is 9.81. The fraction of sp³-hybridized carbons (Fsp3) is 0.306.